The van der Waals surface area contributed by atoms with Crippen LogP contribution in [-0.2, 0) is 14.3 Å². The van der Waals surface area contributed by atoms with Crippen LogP contribution in [-0.4, -0.2) is 24.3 Å². The second-order valence-corrected chi connectivity index (χ2v) is 5.94. The molecule has 0 saturated carbocycles. The van der Waals surface area contributed by atoms with Gasteiger partial charge in [-0.25, -0.2) is 0 Å². The average molecular weight is 320 g/mol. The van der Waals surface area contributed by atoms with Crippen LogP contribution in [0.15, 0.2) is 24.3 Å². The Morgan fingerprint density at radius 2 is 1.61 bits per heavy atom. The Morgan fingerprint density at radius 3 is 2.13 bits per heavy atom. The summed E-state index contributed by atoms with van der Waals surface area (Å²) < 4.78 is 10.3. The molecule has 0 saturated heterocycles. The minimum absolute atomic E-state index is 0.0705. The second kappa shape index (κ2) is 8.46. The van der Waals surface area contributed by atoms with Crippen molar-refractivity contribution in [1.29, 1.82) is 0 Å². The van der Waals surface area contributed by atoms with Crippen LogP contribution >= 0.6 is 0 Å². The smallest absolute Gasteiger partial charge is 0.328 e. The molecule has 5 heteroatoms. The molecule has 0 unspecified atom stereocenters. The summed E-state index contributed by atoms with van der Waals surface area (Å²) in [7, 11) is 0. The van der Waals surface area contributed by atoms with Gasteiger partial charge in [0.15, 0.2) is 11.2 Å². The molecule has 5 nitrogen and oxygen atoms in total. The van der Waals surface area contributed by atoms with E-state index in [9.17, 15) is 14.4 Å². The number of unbranched alkanes of at least 4 members (excludes halogenated alkanes) is 2. The van der Waals surface area contributed by atoms with Crippen LogP contribution in [0, 0.1) is 5.41 Å². The highest BCUT2D eigenvalue weighted by Gasteiger charge is 2.39. The van der Waals surface area contributed by atoms with Crippen LogP contribution < -0.4 is 4.74 Å². The first-order chi connectivity index (χ1) is 10.8. The van der Waals surface area contributed by atoms with Gasteiger partial charge in [-0.1, -0.05) is 19.8 Å². The molecule has 0 atom stereocenters. The Bertz CT molecular complexity index is 557. The maximum Gasteiger partial charge on any atom is 0.328 e. The zero-order chi connectivity index (χ0) is 17.5. The molecule has 0 bridgehead atoms. The standard InChI is InChI=1S/C18H24O5/c1-5-6-7-12-22-16(20)18(3,4)17(21)23-15-10-8-14(9-11-15)13(2)19/h8-11H,5-7,12H2,1-4H3. The molecule has 23 heavy (non-hydrogen) atoms. The molecule has 0 aliphatic carbocycles. The summed E-state index contributed by atoms with van der Waals surface area (Å²) in [6.07, 6.45) is 2.78. The fraction of sp³-hybridized carbons (Fsp3) is 0.500. The quantitative estimate of drug-likeness (QED) is 0.241. The summed E-state index contributed by atoms with van der Waals surface area (Å²) >= 11 is 0. The summed E-state index contributed by atoms with van der Waals surface area (Å²) in [4.78, 5) is 35.4. The predicted octanol–water partition coefficient (Wildman–Crippen LogP) is 3.55. The van der Waals surface area contributed by atoms with Gasteiger partial charge in [-0.2, -0.15) is 0 Å². The molecule has 0 spiro atoms. The summed E-state index contributed by atoms with van der Waals surface area (Å²) in [5, 5.41) is 0. The summed E-state index contributed by atoms with van der Waals surface area (Å²) in [6, 6.07) is 6.19. The van der Waals surface area contributed by atoms with Crippen LogP contribution in [0.5, 0.6) is 5.75 Å². The molecular weight excluding hydrogens is 296 g/mol. The fourth-order valence-electron chi connectivity index (χ4n) is 1.77. The third-order valence-electron chi connectivity index (χ3n) is 3.47. The van der Waals surface area contributed by atoms with E-state index in [4.69, 9.17) is 9.47 Å². The van der Waals surface area contributed by atoms with Crippen LogP contribution in [0.4, 0.5) is 0 Å². The van der Waals surface area contributed by atoms with E-state index in [1.807, 2.05) is 0 Å². The van der Waals surface area contributed by atoms with Crippen molar-refractivity contribution in [3.63, 3.8) is 0 Å². The van der Waals surface area contributed by atoms with Crippen LogP contribution in [0.3, 0.4) is 0 Å². The summed E-state index contributed by atoms with van der Waals surface area (Å²) in [5.74, 6) is -1.07. The van der Waals surface area contributed by atoms with E-state index < -0.39 is 17.4 Å². The molecule has 1 aromatic carbocycles. The normalized spacial score (nSPS) is 11.0. The van der Waals surface area contributed by atoms with Gasteiger partial charge in [0.05, 0.1) is 6.61 Å². The van der Waals surface area contributed by atoms with Gasteiger partial charge in [0.1, 0.15) is 5.75 Å². The third kappa shape index (κ3) is 5.51. The highest BCUT2D eigenvalue weighted by molar-refractivity contribution is 6.00. The fourth-order valence-corrected chi connectivity index (χ4v) is 1.77. The molecule has 1 rings (SSSR count). The number of ether oxygens (including phenoxy) is 2. The monoisotopic (exact) mass is 320 g/mol. The van der Waals surface area contributed by atoms with Crippen LogP contribution in [0.25, 0.3) is 0 Å². The van der Waals surface area contributed by atoms with Crippen LogP contribution in [0.1, 0.15) is 57.3 Å². The number of carbonyl (C=O) groups is 3. The van der Waals surface area contributed by atoms with Crippen molar-refractivity contribution >= 4 is 17.7 Å². The lowest BCUT2D eigenvalue weighted by atomic mass is 9.94. The topological polar surface area (TPSA) is 69.7 Å². The Hall–Kier alpha value is -2.17. The Balaban J connectivity index is 2.63. The van der Waals surface area contributed by atoms with Gasteiger partial charge in [0.2, 0.25) is 0 Å². The van der Waals surface area contributed by atoms with E-state index >= 15 is 0 Å². The van der Waals surface area contributed by atoms with E-state index in [1.165, 1.54) is 32.9 Å². The van der Waals surface area contributed by atoms with Crippen molar-refractivity contribution in [2.75, 3.05) is 6.61 Å². The first-order valence-corrected chi connectivity index (χ1v) is 7.79. The molecule has 0 radical (unpaired) electrons. The number of esters is 2. The largest absolute Gasteiger partial charge is 0.465 e. The van der Waals surface area contributed by atoms with Gasteiger partial charge in [-0.15, -0.1) is 0 Å². The van der Waals surface area contributed by atoms with Crippen molar-refractivity contribution in [3.8, 4) is 5.75 Å². The van der Waals surface area contributed by atoms with Crippen molar-refractivity contribution in [2.24, 2.45) is 5.41 Å². The number of ketones is 1. The molecule has 0 heterocycles. The summed E-state index contributed by atoms with van der Waals surface area (Å²) in [5.41, 5.74) is -0.856. The van der Waals surface area contributed by atoms with Crippen LogP contribution in [0.2, 0.25) is 0 Å². The highest BCUT2D eigenvalue weighted by atomic mass is 16.6. The van der Waals surface area contributed by atoms with E-state index in [1.54, 1.807) is 12.1 Å². The van der Waals surface area contributed by atoms with Crippen molar-refractivity contribution < 1.29 is 23.9 Å². The number of benzene rings is 1. The number of hydrogen-bond donors (Lipinski definition) is 0. The first-order valence-electron chi connectivity index (χ1n) is 7.79. The van der Waals surface area contributed by atoms with E-state index in [2.05, 4.69) is 6.92 Å². The number of Topliss-reactive ketones (excluding diaryl/α,β-unsaturated/α-hetero) is 1. The molecule has 1 aromatic rings. The molecule has 0 aliphatic rings. The van der Waals surface area contributed by atoms with Gasteiger partial charge in [0.25, 0.3) is 0 Å². The maximum atomic E-state index is 12.2. The third-order valence-corrected chi connectivity index (χ3v) is 3.47. The minimum atomic E-state index is -1.38. The van der Waals surface area contributed by atoms with Gasteiger partial charge in [-0.05, 0) is 51.5 Å². The van der Waals surface area contributed by atoms with Crippen molar-refractivity contribution in [1.82, 2.24) is 0 Å². The van der Waals surface area contributed by atoms with Crippen molar-refractivity contribution in [2.45, 2.75) is 47.0 Å². The molecule has 126 valence electrons. The van der Waals surface area contributed by atoms with Gasteiger partial charge in [0, 0.05) is 5.56 Å². The zero-order valence-corrected chi connectivity index (χ0v) is 14.2. The van der Waals surface area contributed by atoms with E-state index in [0.29, 0.717) is 12.2 Å². The highest BCUT2D eigenvalue weighted by Crippen LogP contribution is 2.22. The average Bonchev–Trinajstić information content (AvgIpc) is 2.51. The lowest BCUT2D eigenvalue weighted by Crippen LogP contribution is -2.38. The zero-order valence-electron chi connectivity index (χ0n) is 14.2. The maximum absolute atomic E-state index is 12.2. The molecule has 0 N–H and O–H groups in total. The van der Waals surface area contributed by atoms with E-state index in [0.717, 1.165) is 19.3 Å². The minimum Gasteiger partial charge on any atom is -0.465 e. The summed E-state index contributed by atoms with van der Waals surface area (Å²) in [6.45, 7) is 6.76. The Kier molecular flexibility index (Phi) is 6.94. The lowest BCUT2D eigenvalue weighted by molar-refractivity contribution is -0.164. The second-order valence-electron chi connectivity index (χ2n) is 5.94. The van der Waals surface area contributed by atoms with Crippen molar-refractivity contribution in [3.05, 3.63) is 29.8 Å². The Morgan fingerprint density at radius 1 is 1.00 bits per heavy atom. The SMILES string of the molecule is CCCCCOC(=O)C(C)(C)C(=O)Oc1ccc(C(C)=O)cc1. The number of carbonyl (C=O) groups excluding carboxylic acids is 3. The predicted molar refractivity (Wildman–Crippen MR) is 86.3 cm³/mol. The number of hydrogen-bond acceptors (Lipinski definition) is 5. The molecule has 0 amide bonds. The van der Waals surface area contributed by atoms with Gasteiger partial charge < -0.3 is 9.47 Å². The lowest BCUT2D eigenvalue weighted by Gasteiger charge is -2.20. The Labute approximate surface area is 137 Å². The first kappa shape index (κ1) is 18.9. The molecular formula is C18H24O5. The molecule has 0 fully saturated rings. The molecule has 0 aromatic heterocycles. The van der Waals surface area contributed by atoms with Gasteiger partial charge in [-0.3, -0.25) is 14.4 Å². The molecule has 0 aliphatic heterocycles. The van der Waals surface area contributed by atoms with Gasteiger partial charge >= 0.3 is 11.9 Å². The number of rotatable bonds is 8. The van der Waals surface area contributed by atoms with E-state index in [-0.39, 0.29) is 11.5 Å².